The minimum absolute atomic E-state index is 0. The maximum absolute atomic E-state index is 8.80. The molecule has 2 aromatic carbocycles. The van der Waals surface area contributed by atoms with Gasteiger partial charge in [0.25, 0.3) is 0 Å². The van der Waals surface area contributed by atoms with Crippen molar-refractivity contribution in [2.75, 3.05) is 20.9 Å². The molecule has 124 valence electrons. The van der Waals surface area contributed by atoms with Crippen molar-refractivity contribution in [2.45, 2.75) is 0 Å². The molecule has 0 heterocycles. The van der Waals surface area contributed by atoms with Crippen molar-refractivity contribution in [3.63, 3.8) is 0 Å². The summed E-state index contributed by atoms with van der Waals surface area (Å²) in [7, 11) is 5.60. The van der Waals surface area contributed by atoms with E-state index in [1.165, 1.54) is 0 Å². The van der Waals surface area contributed by atoms with Crippen molar-refractivity contribution in [3.05, 3.63) is 48.5 Å². The van der Waals surface area contributed by atoms with Crippen LogP contribution >= 0.6 is 21.6 Å². The third-order valence-corrected chi connectivity index (χ3v) is 2.14. The van der Waals surface area contributed by atoms with Gasteiger partial charge in [0.2, 0.25) is 0 Å². The number of phenolic OH excluding ortho intramolecular Hbond substituents is 2. The summed E-state index contributed by atoms with van der Waals surface area (Å²) in [5.74, 6) is 2.03. The fourth-order valence-corrected chi connectivity index (χ4v) is 1.16. The second-order valence-corrected chi connectivity index (χ2v) is 3.40. The molecule has 0 bridgehead atoms. The molecule has 4 nitrogen and oxygen atoms in total. The van der Waals surface area contributed by atoms with Gasteiger partial charge in [-0.3, -0.25) is 0 Å². The van der Waals surface area contributed by atoms with Crippen molar-refractivity contribution >= 4 is 21.6 Å². The molecule has 0 saturated heterocycles. The van der Waals surface area contributed by atoms with Gasteiger partial charge in [-0.05, 0) is 48.5 Å². The number of methoxy groups -OCH3 is 2. The van der Waals surface area contributed by atoms with E-state index >= 15 is 0 Å². The van der Waals surface area contributed by atoms with Crippen LogP contribution < -0.4 is 9.47 Å². The van der Waals surface area contributed by atoms with Crippen LogP contribution in [0.5, 0.6) is 23.0 Å². The Balaban J connectivity index is -0.000000273. The van der Waals surface area contributed by atoms with Crippen LogP contribution in [-0.4, -0.2) is 31.1 Å². The Bertz CT molecular complexity index is 420. The van der Waals surface area contributed by atoms with E-state index in [-0.39, 0.29) is 41.3 Å². The fraction of sp³-hybridized carbons (Fsp3) is 0.200. The fourth-order valence-electron chi connectivity index (χ4n) is 1.16. The molecule has 2 N–H and O–H groups in total. The first-order valence-corrected chi connectivity index (χ1v) is 7.05. The first-order valence-electron chi connectivity index (χ1n) is 5.89. The van der Waals surface area contributed by atoms with E-state index < -0.39 is 0 Å². The molecule has 0 amide bonds. The molecule has 0 spiro atoms. The number of ether oxygens (including phenoxy) is 2. The van der Waals surface area contributed by atoms with Gasteiger partial charge < -0.3 is 19.7 Å². The van der Waals surface area contributed by atoms with Crippen LogP contribution in [0.1, 0.15) is 0 Å². The third-order valence-electron chi connectivity index (χ3n) is 2.14. The van der Waals surface area contributed by atoms with Gasteiger partial charge in [-0.1, -0.05) is 6.66 Å². The Morgan fingerprint density at radius 1 is 0.682 bits per heavy atom. The van der Waals surface area contributed by atoms with Crippen LogP contribution in [0.4, 0.5) is 0 Å². The van der Waals surface area contributed by atoms with E-state index in [0.29, 0.717) is 0 Å². The molecule has 0 aliphatic heterocycles. The summed E-state index contributed by atoms with van der Waals surface area (Å²) in [4.78, 5) is 0. The molecular weight excluding hydrogens is 363 g/mol. The molecular formula is C15H22ClCrO4P. The Labute approximate surface area is 151 Å². The summed E-state index contributed by atoms with van der Waals surface area (Å²) >= 11 is 0. The van der Waals surface area contributed by atoms with Gasteiger partial charge in [0.15, 0.2) is 0 Å². The van der Waals surface area contributed by atoms with Crippen LogP contribution in [0.3, 0.4) is 0 Å². The summed E-state index contributed by atoms with van der Waals surface area (Å²) in [5.41, 5.74) is 0. The van der Waals surface area contributed by atoms with E-state index in [2.05, 4.69) is 9.24 Å². The number of benzene rings is 2. The summed E-state index contributed by atoms with van der Waals surface area (Å²) < 4.78 is 9.72. The molecule has 2 rings (SSSR count). The zero-order valence-electron chi connectivity index (χ0n) is 12.7. The largest absolute Gasteiger partial charge is 0.508 e. The third kappa shape index (κ3) is 11.5. The van der Waals surface area contributed by atoms with Crippen molar-refractivity contribution in [2.24, 2.45) is 0 Å². The summed E-state index contributed by atoms with van der Waals surface area (Å²) in [6, 6.07) is 13.1. The van der Waals surface area contributed by atoms with Crippen molar-refractivity contribution in [1.82, 2.24) is 0 Å². The number of aromatic hydroxyl groups is 2. The molecule has 22 heavy (non-hydrogen) atoms. The van der Waals surface area contributed by atoms with Crippen LogP contribution in [0.25, 0.3) is 0 Å². The van der Waals surface area contributed by atoms with Gasteiger partial charge in [0.1, 0.15) is 23.0 Å². The predicted octanol–water partition coefficient (Wildman–Crippen LogP) is 3.71. The molecule has 7 heteroatoms. The maximum Gasteiger partial charge on any atom is 0.119 e. The normalized spacial score (nSPS) is 7.64. The van der Waals surface area contributed by atoms with E-state index in [1.54, 1.807) is 62.8 Å². The topological polar surface area (TPSA) is 58.9 Å². The quantitative estimate of drug-likeness (QED) is 0.775. The summed E-state index contributed by atoms with van der Waals surface area (Å²) in [5, 5.41) is 17.6. The Morgan fingerprint density at radius 3 is 1.09 bits per heavy atom. The molecule has 0 saturated carbocycles. The molecule has 0 radical (unpaired) electrons. The number of hydrogen-bond acceptors (Lipinski definition) is 4. The first kappa shape index (κ1) is 25.8. The van der Waals surface area contributed by atoms with Gasteiger partial charge in [-0.15, -0.1) is 21.6 Å². The summed E-state index contributed by atoms with van der Waals surface area (Å²) in [6.07, 6.45) is 0. The predicted molar refractivity (Wildman–Crippen MR) is 92.2 cm³/mol. The van der Waals surface area contributed by atoms with Gasteiger partial charge in [-0.25, -0.2) is 0 Å². The Kier molecular flexibility index (Phi) is 19.1. The molecule has 2 aromatic rings. The van der Waals surface area contributed by atoms with Crippen LogP contribution in [0, 0.1) is 0 Å². The number of phenols is 2. The number of rotatable bonds is 2. The Morgan fingerprint density at radius 2 is 0.909 bits per heavy atom. The zero-order valence-corrected chi connectivity index (χ0v) is 16.0. The van der Waals surface area contributed by atoms with Crippen LogP contribution in [-0.2, 0) is 17.4 Å². The van der Waals surface area contributed by atoms with Gasteiger partial charge >= 0.3 is 0 Å². The molecule has 0 fully saturated rings. The minimum atomic E-state index is 0. The van der Waals surface area contributed by atoms with Crippen molar-refractivity contribution < 1.29 is 37.0 Å². The Hall–Kier alpha value is -1.11. The van der Waals surface area contributed by atoms with Gasteiger partial charge in [0, 0.05) is 17.4 Å². The van der Waals surface area contributed by atoms with Crippen molar-refractivity contribution in [1.29, 1.82) is 0 Å². The standard InChI is InChI=1S/2C7H8O2.CH5P.ClH.Cr/c2*1-9-7-4-2-6(8)3-5-7;1-2;;/h2*2-5,8H,1H3;2H2,1H3;1H;. The minimum Gasteiger partial charge on any atom is -0.508 e. The van der Waals surface area contributed by atoms with Gasteiger partial charge in [0.05, 0.1) is 14.2 Å². The molecule has 0 aliphatic rings. The van der Waals surface area contributed by atoms with E-state index in [1.807, 2.05) is 6.66 Å². The van der Waals surface area contributed by atoms with Crippen LogP contribution in [0.2, 0.25) is 0 Å². The summed E-state index contributed by atoms with van der Waals surface area (Å²) in [6.45, 7) is 1.92. The SMILES string of the molecule is COc1ccc(O)cc1.COc1ccc(O)cc1.CP.Cl.[Cr]. The smallest absolute Gasteiger partial charge is 0.119 e. The molecule has 0 aromatic heterocycles. The van der Waals surface area contributed by atoms with E-state index in [9.17, 15) is 0 Å². The first-order chi connectivity index (χ1) is 9.65. The average molecular weight is 385 g/mol. The number of hydrogen-bond donors (Lipinski definition) is 2. The second-order valence-electron chi connectivity index (χ2n) is 3.40. The van der Waals surface area contributed by atoms with E-state index in [4.69, 9.17) is 19.7 Å². The van der Waals surface area contributed by atoms with Gasteiger partial charge in [-0.2, -0.15) is 0 Å². The second kappa shape index (κ2) is 16.3. The van der Waals surface area contributed by atoms with Crippen LogP contribution in [0.15, 0.2) is 48.5 Å². The molecule has 1 unspecified atom stereocenters. The number of halogens is 1. The monoisotopic (exact) mass is 384 g/mol. The molecule has 0 aliphatic carbocycles. The average Bonchev–Trinajstić information content (AvgIpc) is 2.51. The zero-order chi connectivity index (χ0) is 15.4. The molecule has 1 atom stereocenters. The van der Waals surface area contributed by atoms with E-state index in [0.717, 1.165) is 11.5 Å². The maximum atomic E-state index is 8.80. The van der Waals surface area contributed by atoms with Crippen molar-refractivity contribution in [3.8, 4) is 23.0 Å².